The molecule has 0 saturated carbocycles. The van der Waals surface area contributed by atoms with Crippen LogP contribution in [0.25, 0.3) is 77.7 Å². The Morgan fingerprint density at radius 3 is 1.86 bits per heavy atom. The molecule has 0 saturated heterocycles. The minimum atomic E-state index is -0.406. The molecule has 4 nitrogen and oxygen atoms in total. The Morgan fingerprint density at radius 1 is 0.559 bits per heavy atom. The molecule has 59 heavy (non-hydrogen) atoms. The summed E-state index contributed by atoms with van der Waals surface area (Å²) in [6.45, 7) is 9.00. The van der Waals surface area contributed by atoms with E-state index in [-0.39, 0.29) is 21.1 Å². The van der Waals surface area contributed by atoms with Gasteiger partial charge in [-0.15, -0.1) is 23.1 Å². The van der Waals surface area contributed by atoms with Crippen molar-refractivity contribution in [1.82, 2.24) is 18.7 Å². The number of hydrogen-bond acceptors (Lipinski definition) is 1. The minimum Gasteiger partial charge on any atom is -0.319 e. The Balaban J connectivity index is 0.00000449. The Labute approximate surface area is 360 Å². The molecule has 0 unspecified atom stereocenters. The fraction of sp³-hybridized carbons (Fsp3) is 0.111. The smallest absolute Gasteiger partial charge is 0.188 e. The van der Waals surface area contributed by atoms with Crippen LogP contribution in [0.15, 0.2) is 182 Å². The summed E-state index contributed by atoms with van der Waals surface area (Å²) in [4.78, 5) is 5.08. The number of hydrogen-bond donors (Lipinski definition) is 0. The molecule has 0 N–H and O–H groups in total. The normalized spacial score (nSPS) is 11.7. The van der Waals surface area contributed by atoms with E-state index in [1.54, 1.807) is 0 Å². The number of para-hydroxylation sites is 3. The molecule has 290 valence electrons. The van der Waals surface area contributed by atoms with Crippen LogP contribution in [0.4, 0.5) is 0 Å². The molecular weight excluding hydrogens is 900 g/mol. The van der Waals surface area contributed by atoms with Gasteiger partial charge in [-0.3, -0.25) is 0 Å². The van der Waals surface area contributed by atoms with Crippen LogP contribution >= 0.6 is 0 Å². The molecule has 0 atom stereocenters. The maximum atomic E-state index is 5.08. The van der Waals surface area contributed by atoms with Crippen LogP contribution in [0.5, 0.6) is 0 Å². The second kappa shape index (κ2) is 15.4. The van der Waals surface area contributed by atoms with Gasteiger partial charge in [0.2, 0.25) is 0 Å². The van der Waals surface area contributed by atoms with E-state index >= 15 is 0 Å². The van der Waals surface area contributed by atoms with Gasteiger partial charge in [0.05, 0.1) is 6.04 Å². The summed E-state index contributed by atoms with van der Waals surface area (Å²) in [7, 11) is 0. The fourth-order valence-electron chi connectivity index (χ4n) is 8.62. The van der Waals surface area contributed by atoms with Gasteiger partial charge in [0.1, 0.15) is 5.82 Å². The predicted molar refractivity (Wildman–Crippen MR) is 241 cm³/mol. The first kappa shape index (κ1) is 38.2. The molecule has 10 aromatic rings. The summed E-state index contributed by atoms with van der Waals surface area (Å²) in [6, 6.07) is 68.7. The van der Waals surface area contributed by atoms with E-state index in [0.717, 1.165) is 50.1 Å². The average Bonchev–Trinajstić information content (AvgIpc) is 3.83. The van der Waals surface area contributed by atoms with Crippen molar-refractivity contribution in [3.05, 3.63) is 206 Å². The summed E-state index contributed by atoms with van der Waals surface area (Å²) in [6.07, 6.45) is 4.15. The zero-order chi connectivity index (χ0) is 39.4. The van der Waals surface area contributed by atoms with Crippen molar-refractivity contribution in [2.75, 3.05) is 0 Å². The van der Waals surface area contributed by atoms with Crippen molar-refractivity contribution < 1.29 is 21.1 Å². The van der Waals surface area contributed by atoms with Crippen molar-refractivity contribution in [2.45, 2.75) is 39.2 Å². The summed E-state index contributed by atoms with van der Waals surface area (Å²) < 4.78 is 6.88. The summed E-state index contributed by atoms with van der Waals surface area (Å²) in [5.74, 6) is 0.850. The van der Waals surface area contributed by atoms with Gasteiger partial charge in [0.25, 0.3) is 0 Å². The van der Waals surface area contributed by atoms with Crippen LogP contribution in [0, 0.1) is 12.1 Å². The van der Waals surface area contributed by atoms with Crippen molar-refractivity contribution in [3.63, 3.8) is 0 Å². The molecule has 3 aromatic heterocycles. The van der Waals surface area contributed by atoms with Crippen molar-refractivity contribution in [2.24, 2.45) is 0 Å². The molecule has 0 radical (unpaired) electrons. The number of benzene rings is 7. The molecule has 0 aliphatic heterocycles. The molecule has 0 bridgehead atoms. The van der Waals surface area contributed by atoms with Crippen molar-refractivity contribution >= 4 is 32.8 Å². The first-order valence-electron chi connectivity index (χ1n) is 20.1. The maximum Gasteiger partial charge on any atom is 0.188 e. The second-order valence-electron chi connectivity index (χ2n) is 15.9. The van der Waals surface area contributed by atoms with Crippen molar-refractivity contribution in [1.29, 1.82) is 0 Å². The van der Waals surface area contributed by atoms with E-state index in [4.69, 9.17) is 4.98 Å². The van der Waals surface area contributed by atoms with Gasteiger partial charge in [-0.25, -0.2) is 14.1 Å². The molecular formula is C54H43N4Pt-. The molecule has 5 heteroatoms. The summed E-state index contributed by atoms with van der Waals surface area (Å²) >= 11 is 0. The monoisotopic (exact) mass is 942 g/mol. The largest absolute Gasteiger partial charge is 0.319 e. The van der Waals surface area contributed by atoms with E-state index in [1.165, 1.54) is 38.7 Å². The SMILES string of the molecule is CC(C)n1[cH+]n(-c2[c-]c(C(C)(C)c3[c-]c4c(cc3)c3ccccc3n4-c3cc(-c4c(-c5ccccc5)cccc4-c4ccccc4)ccn3)ccc2)c2ccccc21.[Pt]. The predicted octanol–water partition coefficient (Wildman–Crippen LogP) is 13.7. The molecule has 0 aliphatic rings. The molecule has 0 aliphatic carbocycles. The van der Waals surface area contributed by atoms with Gasteiger partial charge in [-0.1, -0.05) is 116 Å². The van der Waals surface area contributed by atoms with Crippen molar-refractivity contribution in [3.8, 4) is 44.9 Å². The van der Waals surface area contributed by atoms with Gasteiger partial charge in [0, 0.05) is 50.6 Å². The Bertz CT molecular complexity index is 3060. The Hall–Kier alpha value is -6.35. The van der Waals surface area contributed by atoms with Crippen LogP contribution in [-0.4, -0.2) is 18.7 Å². The fourth-order valence-corrected chi connectivity index (χ4v) is 8.62. The summed E-state index contributed by atoms with van der Waals surface area (Å²) in [5.41, 5.74) is 14.3. The van der Waals surface area contributed by atoms with E-state index < -0.39 is 5.41 Å². The number of imidazole rings is 1. The molecule has 0 spiro atoms. The number of aromatic nitrogens is 4. The van der Waals surface area contributed by atoms with E-state index in [9.17, 15) is 0 Å². The average molecular weight is 943 g/mol. The molecule has 3 heterocycles. The standard InChI is InChI=1S/C54H43N4.Pt/c1-37(2)56-36-57(50-28-14-13-27-49(50)56)43-22-15-21-41(34-43)54(3,4)42-29-30-47-46-23-11-12-26-48(46)58(51(47)35-42)52-33-40(31-32-55-52)53-44(38-17-7-5-8-18-38)24-16-25-45(53)39-19-9-6-10-20-39;/h5-33,36-37H,1-4H3;/q-1;. The first-order chi connectivity index (χ1) is 28.4. The molecule has 0 fully saturated rings. The minimum absolute atomic E-state index is 0. The number of rotatable bonds is 8. The van der Waals surface area contributed by atoms with Crippen LogP contribution in [-0.2, 0) is 26.5 Å². The molecule has 10 rings (SSSR count). The number of fused-ring (bicyclic) bond motifs is 4. The van der Waals surface area contributed by atoms with Crippen LogP contribution in [0.3, 0.4) is 0 Å². The molecule has 7 aromatic carbocycles. The molecule has 0 amide bonds. The second-order valence-corrected chi connectivity index (χ2v) is 15.9. The van der Waals surface area contributed by atoms with Gasteiger partial charge < -0.3 is 4.57 Å². The maximum absolute atomic E-state index is 5.08. The zero-order valence-corrected chi connectivity index (χ0v) is 35.8. The van der Waals surface area contributed by atoms with Gasteiger partial charge in [0.15, 0.2) is 17.4 Å². The van der Waals surface area contributed by atoms with Crippen LogP contribution < -0.4 is 0 Å². The van der Waals surface area contributed by atoms with Gasteiger partial charge >= 0.3 is 0 Å². The van der Waals surface area contributed by atoms with Crippen LogP contribution in [0.2, 0.25) is 0 Å². The number of nitrogens with zero attached hydrogens (tertiary/aromatic N) is 4. The number of pyridine rings is 1. The van der Waals surface area contributed by atoms with Gasteiger partial charge in [-0.2, -0.15) is 35.9 Å². The Morgan fingerprint density at radius 2 is 1.17 bits per heavy atom. The van der Waals surface area contributed by atoms with E-state index in [1.807, 2.05) is 6.20 Å². The zero-order valence-electron chi connectivity index (χ0n) is 33.5. The third-order valence-corrected chi connectivity index (χ3v) is 11.7. The third kappa shape index (κ3) is 6.62. The summed E-state index contributed by atoms with van der Waals surface area (Å²) in [5, 5.41) is 2.32. The topological polar surface area (TPSA) is 27.7 Å². The van der Waals surface area contributed by atoms with Gasteiger partial charge in [-0.05, 0) is 88.4 Å². The third-order valence-electron chi connectivity index (χ3n) is 11.7. The Kier molecular flexibility index (Phi) is 9.99. The first-order valence-corrected chi connectivity index (χ1v) is 20.1. The van der Waals surface area contributed by atoms with Crippen LogP contribution in [0.1, 0.15) is 44.9 Å². The van der Waals surface area contributed by atoms with E-state index in [2.05, 4.69) is 230 Å². The quantitative estimate of drug-likeness (QED) is 0.140. The van der Waals surface area contributed by atoms with E-state index in [0.29, 0.717) is 6.04 Å².